The van der Waals surface area contributed by atoms with Gasteiger partial charge in [-0.25, -0.2) is 9.97 Å². The second-order valence-electron chi connectivity index (χ2n) is 12.1. The Balaban J connectivity index is 1.36. The standard InChI is InChI=1S/C43H26N2OS/c1-3-13-27(14-4-1)35-26-36(45-42(44-35)28-15-5-2-6-16-28)41-30-23-24-47-39(30)25-34-40(41)29-17-7-8-18-31(29)43(34)32-19-9-11-21-37(32)46-38-22-12-10-20-33(38)43/h1-26H. The second kappa shape index (κ2) is 10.1. The van der Waals surface area contributed by atoms with Gasteiger partial charge in [0.15, 0.2) is 5.82 Å². The van der Waals surface area contributed by atoms with Gasteiger partial charge >= 0.3 is 0 Å². The molecule has 1 aliphatic heterocycles. The van der Waals surface area contributed by atoms with Crippen LogP contribution in [0.3, 0.4) is 0 Å². The molecule has 0 saturated heterocycles. The van der Waals surface area contributed by atoms with E-state index in [-0.39, 0.29) is 0 Å². The molecule has 3 heterocycles. The molecule has 10 rings (SSSR count). The number of aromatic nitrogens is 2. The van der Waals surface area contributed by atoms with E-state index in [2.05, 4.69) is 133 Å². The fraction of sp³-hybridized carbons (Fsp3) is 0.0233. The van der Waals surface area contributed by atoms with Crippen LogP contribution in [0.2, 0.25) is 0 Å². The summed E-state index contributed by atoms with van der Waals surface area (Å²) in [4.78, 5) is 10.5. The molecule has 0 unspecified atom stereocenters. The molecule has 2 aromatic heterocycles. The minimum absolute atomic E-state index is 0.554. The van der Waals surface area contributed by atoms with Gasteiger partial charge in [0.1, 0.15) is 11.5 Å². The highest BCUT2D eigenvalue weighted by Crippen LogP contribution is 2.64. The molecule has 0 fully saturated rings. The van der Waals surface area contributed by atoms with E-state index >= 15 is 0 Å². The summed E-state index contributed by atoms with van der Waals surface area (Å²) >= 11 is 1.78. The van der Waals surface area contributed by atoms with Gasteiger partial charge in [0.2, 0.25) is 0 Å². The molecule has 0 bridgehead atoms. The molecular weight excluding hydrogens is 593 g/mol. The van der Waals surface area contributed by atoms with Gasteiger partial charge in [-0.2, -0.15) is 0 Å². The third kappa shape index (κ3) is 3.73. The van der Waals surface area contributed by atoms with Gasteiger partial charge in [0.25, 0.3) is 0 Å². The maximum Gasteiger partial charge on any atom is 0.160 e. The predicted molar refractivity (Wildman–Crippen MR) is 191 cm³/mol. The zero-order chi connectivity index (χ0) is 31.0. The van der Waals surface area contributed by atoms with Crippen LogP contribution < -0.4 is 4.74 Å². The lowest BCUT2D eigenvalue weighted by Gasteiger charge is -2.39. The highest BCUT2D eigenvalue weighted by molar-refractivity contribution is 7.17. The van der Waals surface area contributed by atoms with Crippen molar-refractivity contribution in [2.75, 3.05) is 0 Å². The molecule has 220 valence electrons. The molecule has 1 aliphatic carbocycles. The van der Waals surface area contributed by atoms with Crippen LogP contribution in [0.4, 0.5) is 0 Å². The molecule has 0 amide bonds. The molecule has 0 atom stereocenters. The van der Waals surface area contributed by atoms with Crippen LogP contribution in [0.1, 0.15) is 22.3 Å². The second-order valence-corrected chi connectivity index (χ2v) is 13.0. The molecule has 0 N–H and O–H groups in total. The quantitative estimate of drug-likeness (QED) is 0.198. The van der Waals surface area contributed by atoms with E-state index in [0.717, 1.165) is 50.7 Å². The zero-order valence-electron chi connectivity index (χ0n) is 25.2. The van der Waals surface area contributed by atoms with Crippen molar-refractivity contribution in [2.45, 2.75) is 5.41 Å². The van der Waals surface area contributed by atoms with E-state index in [1.165, 1.54) is 32.3 Å². The van der Waals surface area contributed by atoms with E-state index in [4.69, 9.17) is 14.7 Å². The lowest BCUT2D eigenvalue weighted by Crippen LogP contribution is -2.32. The Kier molecular flexibility index (Phi) is 5.66. The van der Waals surface area contributed by atoms with Gasteiger partial charge in [-0.15, -0.1) is 11.3 Å². The number of rotatable bonds is 3. The van der Waals surface area contributed by atoms with Gasteiger partial charge in [-0.05, 0) is 58.0 Å². The molecule has 1 spiro atoms. The molecular formula is C43H26N2OS. The van der Waals surface area contributed by atoms with Gasteiger partial charge in [-0.1, -0.05) is 121 Å². The Morgan fingerprint density at radius 3 is 1.81 bits per heavy atom. The maximum absolute atomic E-state index is 6.59. The summed E-state index contributed by atoms with van der Waals surface area (Å²) in [6.07, 6.45) is 0. The lowest BCUT2D eigenvalue weighted by atomic mass is 9.66. The lowest BCUT2D eigenvalue weighted by molar-refractivity contribution is 0.436. The van der Waals surface area contributed by atoms with Crippen molar-refractivity contribution < 1.29 is 4.74 Å². The largest absolute Gasteiger partial charge is 0.457 e. The minimum atomic E-state index is -0.554. The Bertz CT molecular complexity index is 2400. The molecule has 8 aromatic rings. The van der Waals surface area contributed by atoms with Gasteiger partial charge in [0.05, 0.1) is 16.8 Å². The first-order valence-corrected chi connectivity index (χ1v) is 16.7. The normalized spacial score (nSPS) is 13.4. The molecule has 3 nitrogen and oxygen atoms in total. The fourth-order valence-corrected chi connectivity index (χ4v) is 8.58. The fourth-order valence-electron chi connectivity index (χ4n) is 7.75. The van der Waals surface area contributed by atoms with Crippen molar-refractivity contribution in [3.8, 4) is 56.5 Å². The molecule has 0 saturated carbocycles. The summed E-state index contributed by atoms with van der Waals surface area (Å²) in [6.45, 7) is 0. The van der Waals surface area contributed by atoms with Crippen LogP contribution in [0.25, 0.3) is 55.1 Å². The SMILES string of the molecule is c1ccc(-c2cc(-c3c4c(cc5sccc35)C3(c5ccccc5Oc5ccccc53)c3ccccc3-4)nc(-c3ccccc3)n2)cc1. The third-order valence-corrected chi connectivity index (χ3v) is 10.5. The van der Waals surface area contributed by atoms with Gasteiger partial charge in [0, 0.05) is 37.9 Å². The van der Waals surface area contributed by atoms with Crippen molar-refractivity contribution >= 4 is 21.4 Å². The zero-order valence-corrected chi connectivity index (χ0v) is 26.0. The van der Waals surface area contributed by atoms with Crippen LogP contribution >= 0.6 is 11.3 Å². The highest BCUT2D eigenvalue weighted by Gasteiger charge is 2.52. The number of nitrogens with zero attached hydrogens (tertiary/aromatic N) is 2. The van der Waals surface area contributed by atoms with Crippen molar-refractivity contribution in [2.24, 2.45) is 0 Å². The van der Waals surface area contributed by atoms with Crippen LogP contribution in [0, 0.1) is 0 Å². The van der Waals surface area contributed by atoms with Crippen molar-refractivity contribution in [3.63, 3.8) is 0 Å². The number of benzene rings is 6. The molecule has 2 aliphatic rings. The maximum atomic E-state index is 6.59. The van der Waals surface area contributed by atoms with Gasteiger partial charge < -0.3 is 4.74 Å². The van der Waals surface area contributed by atoms with Gasteiger partial charge in [-0.3, -0.25) is 0 Å². The van der Waals surface area contributed by atoms with E-state index in [1.54, 1.807) is 11.3 Å². The molecule has 4 heteroatoms. The molecule has 0 radical (unpaired) electrons. The van der Waals surface area contributed by atoms with Crippen molar-refractivity contribution in [3.05, 3.63) is 179 Å². The van der Waals surface area contributed by atoms with E-state index in [1.807, 2.05) is 24.3 Å². The molecule has 6 aromatic carbocycles. The Morgan fingerprint density at radius 1 is 0.489 bits per heavy atom. The average molecular weight is 619 g/mol. The topological polar surface area (TPSA) is 35.0 Å². The Hall–Kier alpha value is -5.84. The van der Waals surface area contributed by atoms with E-state index in [0.29, 0.717) is 5.82 Å². The smallest absolute Gasteiger partial charge is 0.160 e. The number of fused-ring (bicyclic) bond motifs is 10. The van der Waals surface area contributed by atoms with Crippen LogP contribution in [-0.2, 0) is 5.41 Å². The van der Waals surface area contributed by atoms with Crippen molar-refractivity contribution in [1.82, 2.24) is 9.97 Å². The number of ether oxygens (including phenoxy) is 1. The first-order valence-electron chi connectivity index (χ1n) is 15.8. The number of hydrogen-bond donors (Lipinski definition) is 0. The minimum Gasteiger partial charge on any atom is -0.457 e. The Labute approximate surface area is 276 Å². The van der Waals surface area contributed by atoms with Crippen LogP contribution in [0.15, 0.2) is 157 Å². The summed E-state index contributed by atoms with van der Waals surface area (Å²) in [6, 6.07) is 53.5. The van der Waals surface area contributed by atoms with Crippen molar-refractivity contribution in [1.29, 1.82) is 0 Å². The van der Waals surface area contributed by atoms with Crippen LogP contribution in [-0.4, -0.2) is 9.97 Å². The summed E-state index contributed by atoms with van der Waals surface area (Å²) in [7, 11) is 0. The number of thiophene rings is 1. The third-order valence-electron chi connectivity index (χ3n) is 9.65. The highest BCUT2D eigenvalue weighted by atomic mass is 32.1. The van der Waals surface area contributed by atoms with E-state index in [9.17, 15) is 0 Å². The summed E-state index contributed by atoms with van der Waals surface area (Å²) in [5.41, 5.74) is 11.7. The number of hydrogen-bond acceptors (Lipinski definition) is 4. The molecule has 47 heavy (non-hydrogen) atoms. The summed E-state index contributed by atoms with van der Waals surface area (Å²) < 4.78 is 7.82. The van der Waals surface area contributed by atoms with E-state index < -0.39 is 5.41 Å². The summed E-state index contributed by atoms with van der Waals surface area (Å²) in [5, 5.41) is 3.40. The predicted octanol–water partition coefficient (Wildman–Crippen LogP) is 11.2. The first-order chi connectivity index (χ1) is 23.3. The Morgan fingerprint density at radius 2 is 1.09 bits per heavy atom. The summed E-state index contributed by atoms with van der Waals surface area (Å²) in [5.74, 6) is 2.49. The first kappa shape index (κ1) is 26.4. The monoisotopic (exact) mass is 618 g/mol. The average Bonchev–Trinajstić information content (AvgIpc) is 3.73. The number of para-hydroxylation sites is 2. The van der Waals surface area contributed by atoms with Crippen LogP contribution in [0.5, 0.6) is 11.5 Å².